The zero-order valence-corrected chi connectivity index (χ0v) is 18.7. The van der Waals surface area contributed by atoms with Crippen LogP contribution in [-0.4, -0.2) is 61.7 Å². The zero-order chi connectivity index (χ0) is 22.8. The maximum absolute atomic E-state index is 13.1. The Hall–Kier alpha value is -4.01. The van der Waals surface area contributed by atoms with Gasteiger partial charge in [0.1, 0.15) is 12.0 Å². The summed E-state index contributed by atoms with van der Waals surface area (Å²) < 4.78 is 7.11. The van der Waals surface area contributed by atoms with Crippen LogP contribution in [0.5, 0.6) is 0 Å². The van der Waals surface area contributed by atoms with Crippen LogP contribution in [0, 0.1) is 6.92 Å². The van der Waals surface area contributed by atoms with E-state index < -0.39 is 0 Å². The molecule has 1 fully saturated rings. The lowest BCUT2D eigenvalue weighted by Crippen LogP contribution is -2.48. The Morgan fingerprint density at radius 2 is 1.85 bits per heavy atom. The summed E-state index contributed by atoms with van der Waals surface area (Å²) in [7, 11) is 0. The van der Waals surface area contributed by atoms with E-state index in [2.05, 4.69) is 56.2 Å². The van der Waals surface area contributed by atoms with Gasteiger partial charge in [-0.1, -0.05) is 29.8 Å². The summed E-state index contributed by atoms with van der Waals surface area (Å²) in [5.74, 6) is 1.52. The number of carbonyl (C=O) groups excluding carboxylic acids is 1. The van der Waals surface area contributed by atoms with Crippen LogP contribution < -0.4 is 4.90 Å². The van der Waals surface area contributed by atoms with Gasteiger partial charge in [0.2, 0.25) is 0 Å². The van der Waals surface area contributed by atoms with Gasteiger partial charge in [0.25, 0.3) is 11.8 Å². The highest BCUT2D eigenvalue weighted by Crippen LogP contribution is 2.24. The topological polar surface area (TPSA) is 93.2 Å². The van der Waals surface area contributed by atoms with Crippen LogP contribution in [0.4, 0.5) is 5.69 Å². The predicted molar refractivity (Wildman–Crippen MR) is 123 cm³/mol. The molecule has 1 saturated heterocycles. The maximum atomic E-state index is 13.1. The minimum absolute atomic E-state index is 0.0825. The highest BCUT2D eigenvalue weighted by Gasteiger charge is 2.24. The number of aryl methyl sites for hydroxylation is 2. The lowest BCUT2D eigenvalue weighted by Gasteiger charge is -2.35. The van der Waals surface area contributed by atoms with Crippen molar-refractivity contribution in [3.63, 3.8) is 0 Å². The number of piperazine rings is 1. The van der Waals surface area contributed by atoms with Crippen molar-refractivity contribution in [2.45, 2.75) is 20.3 Å². The molecule has 1 amide bonds. The van der Waals surface area contributed by atoms with Crippen molar-refractivity contribution in [3.05, 3.63) is 72.2 Å². The van der Waals surface area contributed by atoms with Gasteiger partial charge < -0.3 is 14.3 Å². The molecule has 1 aromatic carbocycles. The molecule has 33 heavy (non-hydrogen) atoms. The predicted octanol–water partition coefficient (Wildman–Crippen LogP) is 3.15. The molecule has 4 heterocycles. The first kappa shape index (κ1) is 20.9. The van der Waals surface area contributed by atoms with Gasteiger partial charge in [0.15, 0.2) is 11.6 Å². The van der Waals surface area contributed by atoms with Gasteiger partial charge in [-0.05, 0) is 31.2 Å². The van der Waals surface area contributed by atoms with E-state index in [0.717, 1.165) is 13.1 Å². The Morgan fingerprint density at radius 3 is 2.58 bits per heavy atom. The van der Waals surface area contributed by atoms with E-state index in [0.29, 0.717) is 48.3 Å². The molecule has 1 aliphatic heterocycles. The summed E-state index contributed by atoms with van der Waals surface area (Å²) in [4.78, 5) is 30.5. The Balaban J connectivity index is 1.31. The average molecular weight is 444 g/mol. The molecule has 0 spiro atoms. The number of nitrogens with zero attached hydrogens (tertiary/aromatic N) is 7. The van der Waals surface area contributed by atoms with E-state index in [1.165, 1.54) is 11.3 Å². The summed E-state index contributed by atoms with van der Waals surface area (Å²) in [6.45, 7) is 6.92. The quantitative estimate of drug-likeness (QED) is 0.468. The average Bonchev–Trinajstić information content (AvgIpc) is 3.54. The van der Waals surface area contributed by atoms with Crippen LogP contribution in [-0.2, 0) is 6.42 Å². The summed E-state index contributed by atoms with van der Waals surface area (Å²) >= 11 is 0. The molecule has 4 aromatic rings. The van der Waals surface area contributed by atoms with Crippen LogP contribution in [0.1, 0.15) is 28.8 Å². The smallest absolute Gasteiger partial charge is 0.274 e. The van der Waals surface area contributed by atoms with E-state index in [1.807, 2.05) is 24.0 Å². The van der Waals surface area contributed by atoms with Crippen molar-refractivity contribution in [1.82, 2.24) is 29.6 Å². The Bertz CT molecular complexity index is 1250. The van der Waals surface area contributed by atoms with Crippen molar-refractivity contribution in [3.8, 4) is 17.3 Å². The summed E-state index contributed by atoms with van der Waals surface area (Å²) in [5, 5.41) is 3.97. The minimum Gasteiger partial charge on any atom is -0.368 e. The number of amides is 1. The summed E-state index contributed by atoms with van der Waals surface area (Å²) in [6.07, 6.45) is 5.66. The summed E-state index contributed by atoms with van der Waals surface area (Å²) in [6, 6.07) is 12.2. The van der Waals surface area contributed by atoms with Crippen molar-refractivity contribution < 1.29 is 9.32 Å². The van der Waals surface area contributed by atoms with Crippen molar-refractivity contribution in [1.29, 1.82) is 0 Å². The number of carbonyl (C=O) groups is 1. The zero-order valence-electron chi connectivity index (χ0n) is 18.7. The van der Waals surface area contributed by atoms with Crippen LogP contribution in [0.2, 0.25) is 0 Å². The van der Waals surface area contributed by atoms with Crippen molar-refractivity contribution in [2.75, 3.05) is 31.1 Å². The molecular formula is C24H25N7O2. The second kappa shape index (κ2) is 8.85. The second-order valence-corrected chi connectivity index (χ2v) is 8.02. The number of rotatable bonds is 5. The molecule has 9 nitrogen and oxygen atoms in total. The first-order chi connectivity index (χ1) is 16.1. The molecule has 0 bridgehead atoms. The minimum atomic E-state index is -0.0825. The fourth-order valence-electron chi connectivity index (χ4n) is 3.91. The molecule has 0 saturated carbocycles. The number of hydrogen-bond donors (Lipinski definition) is 0. The lowest BCUT2D eigenvalue weighted by atomic mass is 10.2. The van der Waals surface area contributed by atoms with Crippen LogP contribution in [0.3, 0.4) is 0 Å². The van der Waals surface area contributed by atoms with Crippen molar-refractivity contribution in [2.24, 2.45) is 0 Å². The van der Waals surface area contributed by atoms with Gasteiger partial charge >= 0.3 is 0 Å². The number of imidazole rings is 1. The molecule has 0 unspecified atom stereocenters. The highest BCUT2D eigenvalue weighted by molar-refractivity contribution is 5.92. The van der Waals surface area contributed by atoms with Gasteiger partial charge in [-0.25, -0.2) is 9.97 Å². The molecule has 0 atom stereocenters. The summed E-state index contributed by atoms with van der Waals surface area (Å²) in [5.41, 5.74) is 3.50. The fourth-order valence-corrected chi connectivity index (χ4v) is 3.91. The van der Waals surface area contributed by atoms with Crippen LogP contribution >= 0.6 is 0 Å². The first-order valence-corrected chi connectivity index (χ1v) is 11.1. The highest BCUT2D eigenvalue weighted by atomic mass is 16.5. The second-order valence-electron chi connectivity index (χ2n) is 8.02. The molecule has 1 aliphatic rings. The van der Waals surface area contributed by atoms with Gasteiger partial charge in [-0.2, -0.15) is 4.98 Å². The molecule has 3 aromatic heterocycles. The SMILES string of the molecule is CCc1noc(-c2cccnc2-n2cnc(C(=O)N3CCN(c4ccc(C)cc4)CC3)c2)n1. The van der Waals surface area contributed by atoms with Gasteiger partial charge in [-0.3, -0.25) is 9.36 Å². The normalized spacial score (nSPS) is 14.0. The lowest BCUT2D eigenvalue weighted by molar-refractivity contribution is 0.0741. The Morgan fingerprint density at radius 1 is 1.06 bits per heavy atom. The standard InChI is InChI=1S/C24H25N7O2/c1-3-21-27-23(33-28-21)19-5-4-10-25-22(19)31-15-20(26-16-31)24(32)30-13-11-29(12-14-30)18-8-6-17(2)7-9-18/h4-10,15-16H,3,11-14H2,1-2H3. The molecule has 9 heteroatoms. The molecule has 0 radical (unpaired) electrons. The third-order valence-electron chi connectivity index (χ3n) is 5.81. The Kier molecular flexibility index (Phi) is 5.60. The largest absolute Gasteiger partial charge is 0.368 e. The molecule has 0 N–H and O–H groups in total. The Labute approximate surface area is 191 Å². The molecular weight excluding hydrogens is 418 g/mol. The number of aromatic nitrogens is 5. The van der Waals surface area contributed by atoms with E-state index in [1.54, 1.807) is 23.3 Å². The third-order valence-corrected chi connectivity index (χ3v) is 5.81. The van der Waals surface area contributed by atoms with Crippen LogP contribution in [0.15, 0.2) is 59.6 Å². The van der Waals surface area contributed by atoms with Gasteiger partial charge in [0.05, 0.1) is 5.56 Å². The van der Waals surface area contributed by atoms with Crippen molar-refractivity contribution >= 4 is 11.6 Å². The fraction of sp³-hybridized carbons (Fsp3) is 0.292. The first-order valence-electron chi connectivity index (χ1n) is 11.1. The number of pyridine rings is 1. The van der Waals surface area contributed by atoms with E-state index in [4.69, 9.17) is 4.52 Å². The maximum Gasteiger partial charge on any atom is 0.274 e. The van der Waals surface area contributed by atoms with E-state index in [-0.39, 0.29) is 5.91 Å². The van der Waals surface area contributed by atoms with E-state index >= 15 is 0 Å². The van der Waals surface area contributed by atoms with Gasteiger partial charge in [-0.15, -0.1) is 0 Å². The number of benzene rings is 1. The number of anilines is 1. The molecule has 0 aliphatic carbocycles. The monoisotopic (exact) mass is 443 g/mol. The molecule has 168 valence electrons. The van der Waals surface area contributed by atoms with Crippen LogP contribution in [0.25, 0.3) is 17.3 Å². The van der Waals surface area contributed by atoms with E-state index in [9.17, 15) is 4.79 Å². The molecule has 5 rings (SSSR count). The number of hydrogen-bond acceptors (Lipinski definition) is 7. The third kappa shape index (κ3) is 4.21. The van der Waals surface area contributed by atoms with Gasteiger partial charge in [0, 0.05) is 50.7 Å².